The van der Waals surface area contributed by atoms with Gasteiger partial charge in [-0.25, -0.2) is 0 Å². The average molecular weight is 325 g/mol. The summed E-state index contributed by atoms with van der Waals surface area (Å²) in [6.07, 6.45) is 10.0. The van der Waals surface area contributed by atoms with Gasteiger partial charge in [-0.2, -0.15) is 0 Å². The minimum absolute atomic E-state index is 0.0866. The van der Waals surface area contributed by atoms with E-state index in [1.165, 1.54) is 43.2 Å². The summed E-state index contributed by atoms with van der Waals surface area (Å²) in [5.74, 6) is 2.80. The van der Waals surface area contributed by atoms with E-state index in [-0.39, 0.29) is 5.41 Å². The van der Waals surface area contributed by atoms with Crippen molar-refractivity contribution in [1.29, 1.82) is 0 Å². The summed E-state index contributed by atoms with van der Waals surface area (Å²) < 4.78 is 5.40. The third kappa shape index (κ3) is 2.20. The number of amides is 1. The Morgan fingerprint density at radius 1 is 1.17 bits per heavy atom. The molecule has 0 bridgehead atoms. The molecule has 0 aromatic heterocycles. The summed E-state index contributed by atoms with van der Waals surface area (Å²) in [6, 6.07) is 6.86. The first-order valence-electron chi connectivity index (χ1n) is 9.68. The van der Waals surface area contributed by atoms with Crippen LogP contribution in [0, 0.1) is 17.3 Å². The van der Waals surface area contributed by atoms with Crippen LogP contribution in [-0.2, 0) is 17.8 Å². The molecule has 1 aromatic rings. The van der Waals surface area contributed by atoms with Gasteiger partial charge in [-0.1, -0.05) is 25.3 Å². The van der Waals surface area contributed by atoms with Crippen LogP contribution in [-0.4, -0.2) is 24.0 Å². The number of ether oxygens (including phenoxy) is 1. The van der Waals surface area contributed by atoms with Crippen LogP contribution in [0.3, 0.4) is 0 Å². The second kappa shape index (κ2) is 5.24. The third-order valence-corrected chi connectivity index (χ3v) is 7.15. The lowest BCUT2D eigenvalue weighted by Crippen LogP contribution is -2.50. The fraction of sp³-hybridized carbons (Fsp3) is 0.667. The van der Waals surface area contributed by atoms with Crippen molar-refractivity contribution in [1.82, 2.24) is 4.90 Å². The molecule has 1 amide bonds. The Kier molecular flexibility index (Phi) is 3.23. The van der Waals surface area contributed by atoms with Gasteiger partial charge in [-0.15, -0.1) is 0 Å². The van der Waals surface area contributed by atoms with Crippen molar-refractivity contribution >= 4 is 5.91 Å². The first-order chi connectivity index (χ1) is 11.7. The van der Waals surface area contributed by atoms with Crippen molar-refractivity contribution in [3.05, 3.63) is 29.3 Å². The highest BCUT2D eigenvalue weighted by Gasteiger charge is 2.75. The molecule has 5 rings (SSSR count). The molecular formula is C21H27NO2. The molecule has 1 atom stereocenters. The number of carbonyl (C=O) groups excluding carboxylic acids is 1. The quantitative estimate of drug-likeness (QED) is 0.842. The van der Waals surface area contributed by atoms with Gasteiger partial charge in [0.1, 0.15) is 5.75 Å². The summed E-state index contributed by atoms with van der Waals surface area (Å²) in [4.78, 5) is 15.5. The maximum Gasteiger partial charge on any atom is 0.229 e. The van der Waals surface area contributed by atoms with E-state index in [0.29, 0.717) is 17.9 Å². The number of hydrogen-bond donors (Lipinski definition) is 0. The second-order valence-electron chi connectivity index (χ2n) is 8.50. The molecule has 0 saturated heterocycles. The summed E-state index contributed by atoms with van der Waals surface area (Å²) in [6.45, 7) is 0.793. The van der Waals surface area contributed by atoms with Crippen LogP contribution in [0.15, 0.2) is 18.2 Å². The minimum Gasteiger partial charge on any atom is -0.497 e. The zero-order valence-corrected chi connectivity index (χ0v) is 14.6. The Balaban J connectivity index is 1.47. The lowest BCUT2D eigenvalue weighted by molar-refractivity contribution is -0.140. The predicted octanol–water partition coefficient (Wildman–Crippen LogP) is 3.94. The van der Waals surface area contributed by atoms with Gasteiger partial charge in [0.05, 0.1) is 12.5 Å². The Hall–Kier alpha value is -1.51. The molecular weight excluding hydrogens is 298 g/mol. The van der Waals surface area contributed by atoms with Gasteiger partial charge in [0, 0.05) is 12.6 Å². The van der Waals surface area contributed by atoms with E-state index in [0.717, 1.165) is 37.5 Å². The van der Waals surface area contributed by atoms with Gasteiger partial charge >= 0.3 is 0 Å². The van der Waals surface area contributed by atoms with Gasteiger partial charge in [0.25, 0.3) is 0 Å². The zero-order valence-electron chi connectivity index (χ0n) is 14.6. The van der Waals surface area contributed by atoms with Crippen molar-refractivity contribution < 1.29 is 9.53 Å². The maximum absolute atomic E-state index is 13.2. The number of carbonyl (C=O) groups is 1. The standard InChI is InChI=1S/C21H27NO2/c1-24-18-8-7-15-10-19(14-5-3-2-4-6-14)22(13-16(15)9-18)20(23)21-11-17(21)12-21/h7-9,14,17,19H,2-6,10-13H2,1H3. The van der Waals surface area contributed by atoms with E-state index in [1.54, 1.807) is 7.11 Å². The highest BCUT2D eigenvalue weighted by Crippen LogP contribution is 2.76. The van der Waals surface area contributed by atoms with E-state index in [4.69, 9.17) is 4.74 Å². The Labute approximate surface area is 144 Å². The van der Waals surface area contributed by atoms with Gasteiger partial charge in [-0.3, -0.25) is 4.79 Å². The highest BCUT2D eigenvalue weighted by atomic mass is 16.5. The average Bonchev–Trinajstić information content (AvgIpc) is 3.50. The maximum atomic E-state index is 13.2. The molecule has 3 nitrogen and oxygen atoms in total. The molecule has 0 N–H and O–H groups in total. The second-order valence-corrected chi connectivity index (χ2v) is 8.50. The van der Waals surface area contributed by atoms with Gasteiger partial charge in [0.2, 0.25) is 5.91 Å². The third-order valence-electron chi connectivity index (χ3n) is 7.15. The molecule has 1 heterocycles. The van der Waals surface area contributed by atoms with E-state index in [2.05, 4.69) is 23.1 Å². The summed E-state index contributed by atoms with van der Waals surface area (Å²) in [5, 5.41) is 0. The van der Waals surface area contributed by atoms with Gasteiger partial charge in [-0.05, 0) is 67.2 Å². The van der Waals surface area contributed by atoms with E-state index < -0.39 is 0 Å². The normalized spacial score (nSPS) is 34.3. The fourth-order valence-corrected chi connectivity index (χ4v) is 5.21. The number of rotatable bonds is 3. The summed E-state index contributed by atoms with van der Waals surface area (Å²) >= 11 is 0. The van der Waals surface area contributed by atoms with Crippen LogP contribution in [0.2, 0.25) is 0 Å². The molecule has 3 fully saturated rings. The van der Waals surface area contributed by atoms with Crippen LogP contribution in [0.4, 0.5) is 0 Å². The Morgan fingerprint density at radius 2 is 1.92 bits per heavy atom. The van der Waals surface area contributed by atoms with Crippen molar-refractivity contribution in [3.8, 4) is 5.75 Å². The van der Waals surface area contributed by atoms with E-state index in [9.17, 15) is 4.79 Å². The van der Waals surface area contributed by atoms with E-state index >= 15 is 0 Å². The molecule has 0 radical (unpaired) electrons. The molecule has 1 aromatic carbocycles. The number of methoxy groups -OCH3 is 1. The van der Waals surface area contributed by atoms with Gasteiger partial charge < -0.3 is 9.64 Å². The van der Waals surface area contributed by atoms with Crippen molar-refractivity contribution in [2.24, 2.45) is 17.3 Å². The molecule has 3 heteroatoms. The molecule has 1 aliphatic heterocycles. The monoisotopic (exact) mass is 325 g/mol. The zero-order chi connectivity index (χ0) is 16.3. The Morgan fingerprint density at radius 3 is 2.58 bits per heavy atom. The van der Waals surface area contributed by atoms with Crippen LogP contribution in [0.5, 0.6) is 5.75 Å². The summed E-state index contributed by atoms with van der Waals surface area (Å²) in [5.41, 5.74) is 2.81. The molecule has 4 aliphatic rings. The lowest BCUT2D eigenvalue weighted by Gasteiger charge is -2.43. The van der Waals surface area contributed by atoms with Crippen molar-refractivity contribution in [2.45, 2.75) is 64.0 Å². The summed E-state index contributed by atoms with van der Waals surface area (Å²) in [7, 11) is 1.72. The Bertz CT molecular complexity index is 670. The van der Waals surface area contributed by atoms with Crippen LogP contribution in [0.25, 0.3) is 0 Å². The van der Waals surface area contributed by atoms with Gasteiger partial charge in [0.15, 0.2) is 0 Å². The molecule has 0 spiro atoms. The first-order valence-corrected chi connectivity index (χ1v) is 9.68. The number of fused-ring (bicyclic) bond motifs is 2. The van der Waals surface area contributed by atoms with E-state index in [1.807, 2.05) is 0 Å². The molecule has 3 aliphatic carbocycles. The molecule has 128 valence electrons. The minimum atomic E-state index is 0.0866. The molecule has 1 unspecified atom stereocenters. The van der Waals surface area contributed by atoms with Crippen LogP contribution < -0.4 is 4.74 Å². The predicted molar refractivity (Wildman–Crippen MR) is 92.8 cm³/mol. The fourth-order valence-electron chi connectivity index (χ4n) is 5.21. The highest BCUT2D eigenvalue weighted by molar-refractivity contribution is 5.90. The SMILES string of the molecule is COc1ccc2c(c1)CN(C(=O)C13CC1C3)C(C1CCCCC1)C2. The lowest BCUT2D eigenvalue weighted by atomic mass is 9.78. The number of nitrogens with zero attached hydrogens (tertiary/aromatic N) is 1. The number of benzene rings is 1. The molecule has 24 heavy (non-hydrogen) atoms. The number of hydrogen-bond acceptors (Lipinski definition) is 2. The topological polar surface area (TPSA) is 29.5 Å². The smallest absolute Gasteiger partial charge is 0.229 e. The first kappa shape index (κ1) is 14.8. The molecule has 3 saturated carbocycles. The van der Waals surface area contributed by atoms with Crippen LogP contribution >= 0.6 is 0 Å². The van der Waals surface area contributed by atoms with Crippen molar-refractivity contribution in [2.75, 3.05) is 7.11 Å². The largest absolute Gasteiger partial charge is 0.497 e. The van der Waals surface area contributed by atoms with Crippen molar-refractivity contribution in [3.63, 3.8) is 0 Å². The van der Waals surface area contributed by atoms with Crippen LogP contribution in [0.1, 0.15) is 56.1 Å².